The number of rotatable bonds is 2. The molecule has 0 aliphatic carbocycles. The highest BCUT2D eigenvalue weighted by atomic mass is 79.9. The molecule has 2 heterocycles. The van der Waals surface area contributed by atoms with Gasteiger partial charge in [0, 0.05) is 16.9 Å². The van der Waals surface area contributed by atoms with Gasteiger partial charge in [0.05, 0.1) is 10.7 Å². The maximum absolute atomic E-state index is 4.86. The summed E-state index contributed by atoms with van der Waals surface area (Å²) in [5.74, 6) is 0.667. The van der Waals surface area contributed by atoms with Crippen molar-refractivity contribution in [2.75, 3.05) is 20.1 Å². The van der Waals surface area contributed by atoms with E-state index in [9.17, 15) is 0 Å². The molecule has 0 amide bonds. The van der Waals surface area contributed by atoms with Crippen LogP contribution in [-0.4, -0.2) is 30.0 Å². The van der Waals surface area contributed by atoms with Gasteiger partial charge >= 0.3 is 0 Å². The number of piperidine rings is 1. The minimum Gasteiger partial charge on any atom is -0.306 e. The Morgan fingerprint density at radius 3 is 2.45 bits per heavy atom. The summed E-state index contributed by atoms with van der Waals surface area (Å²) in [5, 5.41) is 3.53. The number of thiazole rings is 1. The van der Waals surface area contributed by atoms with Crippen LogP contribution in [0.3, 0.4) is 0 Å². The molecule has 0 saturated carbocycles. The van der Waals surface area contributed by atoms with E-state index in [-0.39, 0.29) is 17.0 Å². The Morgan fingerprint density at radius 2 is 1.80 bits per heavy atom. The van der Waals surface area contributed by atoms with Gasteiger partial charge in [-0.15, -0.1) is 28.3 Å². The molecular weight excluding hydrogens is 332 g/mol. The van der Waals surface area contributed by atoms with Crippen molar-refractivity contribution in [3.63, 3.8) is 0 Å². The maximum atomic E-state index is 4.86. The van der Waals surface area contributed by atoms with Crippen LogP contribution in [0.1, 0.15) is 29.3 Å². The first-order chi connectivity index (χ1) is 9.22. The van der Waals surface area contributed by atoms with Gasteiger partial charge in [-0.3, -0.25) is 0 Å². The second kappa shape index (κ2) is 6.83. The van der Waals surface area contributed by atoms with E-state index in [0.29, 0.717) is 5.92 Å². The highest BCUT2D eigenvalue weighted by Crippen LogP contribution is 2.32. The van der Waals surface area contributed by atoms with Crippen molar-refractivity contribution in [1.82, 2.24) is 9.88 Å². The third-order valence-electron chi connectivity index (χ3n) is 3.94. The van der Waals surface area contributed by atoms with Crippen molar-refractivity contribution in [3.8, 4) is 11.3 Å². The molecule has 0 atom stereocenters. The summed E-state index contributed by atoms with van der Waals surface area (Å²) in [6.45, 7) is 4.52. The summed E-state index contributed by atoms with van der Waals surface area (Å²) in [5.41, 5.74) is 3.68. The smallest absolute Gasteiger partial charge is 0.0964 e. The lowest BCUT2D eigenvalue weighted by molar-refractivity contribution is 0.255. The van der Waals surface area contributed by atoms with Gasteiger partial charge in [-0.2, -0.15) is 0 Å². The van der Waals surface area contributed by atoms with Crippen molar-refractivity contribution in [1.29, 1.82) is 0 Å². The Balaban J connectivity index is 0.00000147. The number of aromatic nitrogens is 1. The number of halogens is 1. The monoisotopic (exact) mass is 352 g/mol. The number of nitrogens with zero attached hydrogens (tertiary/aromatic N) is 2. The second-order valence-electron chi connectivity index (χ2n) is 5.51. The highest BCUT2D eigenvalue weighted by molar-refractivity contribution is 8.93. The van der Waals surface area contributed by atoms with Gasteiger partial charge in [0.1, 0.15) is 0 Å². The Kier molecular flexibility index (Phi) is 5.35. The molecule has 0 radical (unpaired) electrons. The zero-order chi connectivity index (χ0) is 13.2. The van der Waals surface area contributed by atoms with Gasteiger partial charge in [0.25, 0.3) is 0 Å². The van der Waals surface area contributed by atoms with Crippen molar-refractivity contribution >= 4 is 28.3 Å². The topological polar surface area (TPSA) is 16.1 Å². The molecule has 1 aromatic carbocycles. The Hall–Kier alpha value is -0.710. The van der Waals surface area contributed by atoms with Gasteiger partial charge in [0.15, 0.2) is 0 Å². The average molecular weight is 353 g/mol. The Bertz CT molecular complexity index is 542. The van der Waals surface area contributed by atoms with Gasteiger partial charge in [0.2, 0.25) is 0 Å². The molecule has 0 spiro atoms. The summed E-state index contributed by atoms with van der Waals surface area (Å²) >= 11 is 1.83. The van der Waals surface area contributed by atoms with Crippen LogP contribution in [0.2, 0.25) is 0 Å². The van der Waals surface area contributed by atoms with Crippen molar-refractivity contribution in [2.45, 2.75) is 25.7 Å². The summed E-state index contributed by atoms with van der Waals surface area (Å²) in [7, 11) is 2.20. The summed E-state index contributed by atoms with van der Waals surface area (Å²) in [6.07, 6.45) is 2.49. The SMILES string of the molecule is Br.Cc1ccc(-c2csc(C3CCN(C)CC3)n2)cc1. The zero-order valence-electron chi connectivity index (χ0n) is 12.0. The predicted octanol–water partition coefficient (Wildman–Crippen LogP) is 4.51. The number of hydrogen-bond acceptors (Lipinski definition) is 3. The largest absolute Gasteiger partial charge is 0.306 e. The van der Waals surface area contributed by atoms with Crippen LogP contribution in [0.25, 0.3) is 11.3 Å². The van der Waals surface area contributed by atoms with Crippen LogP contribution in [0.15, 0.2) is 29.6 Å². The summed E-state index contributed by atoms with van der Waals surface area (Å²) < 4.78 is 0. The van der Waals surface area contributed by atoms with Crippen molar-refractivity contribution in [3.05, 3.63) is 40.2 Å². The molecule has 4 heteroatoms. The van der Waals surface area contributed by atoms with Gasteiger partial charge in [-0.05, 0) is 39.9 Å². The fourth-order valence-corrected chi connectivity index (χ4v) is 3.59. The van der Waals surface area contributed by atoms with E-state index in [4.69, 9.17) is 4.98 Å². The number of benzene rings is 1. The van der Waals surface area contributed by atoms with E-state index >= 15 is 0 Å². The molecule has 3 rings (SSSR count). The normalized spacial score (nSPS) is 16.9. The van der Waals surface area contributed by atoms with E-state index in [1.54, 1.807) is 0 Å². The Morgan fingerprint density at radius 1 is 1.15 bits per heavy atom. The van der Waals surface area contributed by atoms with E-state index in [1.165, 1.54) is 42.1 Å². The van der Waals surface area contributed by atoms with Crippen LogP contribution in [-0.2, 0) is 0 Å². The predicted molar refractivity (Wildman–Crippen MR) is 92.1 cm³/mol. The molecule has 1 aliphatic rings. The molecule has 2 nitrogen and oxygen atoms in total. The zero-order valence-corrected chi connectivity index (χ0v) is 14.5. The minimum absolute atomic E-state index is 0. The lowest BCUT2D eigenvalue weighted by Gasteiger charge is -2.27. The van der Waals surface area contributed by atoms with Crippen LogP contribution < -0.4 is 0 Å². The highest BCUT2D eigenvalue weighted by Gasteiger charge is 2.21. The lowest BCUT2D eigenvalue weighted by atomic mass is 9.98. The molecule has 1 fully saturated rings. The third kappa shape index (κ3) is 3.48. The third-order valence-corrected chi connectivity index (χ3v) is 4.94. The van der Waals surface area contributed by atoms with Gasteiger partial charge in [-0.25, -0.2) is 4.98 Å². The van der Waals surface area contributed by atoms with Gasteiger partial charge in [-0.1, -0.05) is 29.8 Å². The van der Waals surface area contributed by atoms with E-state index in [0.717, 1.165) is 5.69 Å². The molecule has 0 bridgehead atoms. The quantitative estimate of drug-likeness (QED) is 0.790. The molecule has 0 N–H and O–H groups in total. The number of likely N-dealkylation sites (tertiary alicyclic amines) is 1. The first-order valence-electron chi connectivity index (χ1n) is 6.93. The van der Waals surface area contributed by atoms with Gasteiger partial charge < -0.3 is 4.90 Å². The molecule has 1 saturated heterocycles. The van der Waals surface area contributed by atoms with Crippen LogP contribution >= 0.6 is 28.3 Å². The van der Waals surface area contributed by atoms with Crippen molar-refractivity contribution < 1.29 is 0 Å². The number of hydrogen-bond donors (Lipinski definition) is 0. The van der Waals surface area contributed by atoms with E-state index in [2.05, 4.69) is 48.5 Å². The van der Waals surface area contributed by atoms with Crippen LogP contribution in [0.4, 0.5) is 0 Å². The molecular formula is C16H21BrN2S. The summed E-state index contributed by atoms with van der Waals surface area (Å²) in [4.78, 5) is 7.27. The molecule has 1 aliphatic heterocycles. The molecule has 108 valence electrons. The second-order valence-corrected chi connectivity index (χ2v) is 6.40. The maximum Gasteiger partial charge on any atom is 0.0964 e. The fraction of sp³-hybridized carbons (Fsp3) is 0.438. The summed E-state index contributed by atoms with van der Waals surface area (Å²) in [6, 6.07) is 8.65. The minimum atomic E-state index is 0. The number of aryl methyl sites for hydroxylation is 1. The first-order valence-corrected chi connectivity index (χ1v) is 7.81. The van der Waals surface area contributed by atoms with Crippen LogP contribution in [0.5, 0.6) is 0 Å². The molecule has 1 aromatic heterocycles. The van der Waals surface area contributed by atoms with E-state index in [1.807, 2.05) is 11.3 Å². The fourth-order valence-electron chi connectivity index (χ4n) is 2.59. The molecule has 20 heavy (non-hydrogen) atoms. The van der Waals surface area contributed by atoms with Crippen LogP contribution in [0, 0.1) is 6.92 Å². The lowest BCUT2D eigenvalue weighted by Crippen LogP contribution is -2.29. The standard InChI is InChI=1S/C16H20N2S.BrH/c1-12-3-5-13(6-4-12)15-11-19-16(17-15)14-7-9-18(2)10-8-14;/h3-6,11,14H,7-10H2,1-2H3;1H. The molecule has 2 aromatic rings. The molecule has 0 unspecified atom stereocenters. The first kappa shape index (κ1) is 15.7. The van der Waals surface area contributed by atoms with Crippen molar-refractivity contribution in [2.24, 2.45) is 0 Å². The average Bonchev–Trinajstić information content (AvgIpc) is 2.90. The Labute approximate surface area is 135 Å². The van der Waals surface area contributed by atoms with E-state index < -0.39 is 0 Å².